The van der Waals surface area contributed by atoms with Gasteiger partial charge >= 0.3 is 0 Å². The van der Waals surface area contributed by atoms with Crippen LogP contribution in [0, 0.1) is 0 Å². The maximum absolute atomic E-state index is 9.04. The molecule has 0 saturated carbocycles. The summed E-state index contributed by atoms with van der Waals surface area (Å²) in [5, 5.41) is 29.1. The smallest absolute Gasteiger partial charge is 0.156 e. The highest BCUT2D eigenvalue weighted by atomic mass is 16.2. The van der Waals surface area contributed by atoms with Crippen molar-refractivity contribution < 1.29 is 5.11 Å². The summed E-state index contributed by atoms with van der Waals surface area (Å²) in [5.41, 5.74) is 3.50. The lowest BCUT2D eigenvalue weighted by molar-refractivity contribution is 0.239. The van der Waals surface area contributed by atoms with E-state index in [-0.39, 0.29) is 18.8 Å². The molecule has 0 bridgehead atoms. The van der Waals surface area contributed by atoms with Crippen molar-refractivity contribution in [2.75, 3.05) is 32.6 Å². The number of anilines is 1. The number of nitrogens with zero attached hydrogens (tertiary/aromatic N) is 5. The molecule has 0 aliphatic rings. The van der Waals surface area contributed by atoms with Crippen molar-refractivity contribution in [3.63, 3.8) is 0 Å². The molecule has 0 aromatic heterocycles. The predicted molar refractivity (Wildman–Crippen MR) is 118 cm³/mol. The van der Waals surface area contributed by atoms with Crippen LogP contribution in [0.4, 0.5) is 5.69 Å². The molecule has 0 heterocycles. The second-order valence-electron chi connectivity index (χ2n) is 6.85. The van der Waals surface area contributed by atoms with Crippen LogP contribution < -0.4 is 5.32 Å². The number of hydrogen-bond donors (Lipinski definition) is 2. The van der Waals surface area contributed by atoms with Crippen LogP contribution >= 0.6 is 0 Å². The first-order valence-electron chi connectivity index (χ1n) is 9.83. The third-order valence-electron chi connectivity index (χ3n) is 4.65. The van der Waals surface area contributed by atoms with Gasteiger partial charge in [0.25, 0.3) is 0 Å². The second kappa shape index (κ2) is 12.9. The molecule has 7 heteroatoms. The summed E-state index contributed by atoms with van der Waals surface area (Å²) in [7, 11) is 3.82. The van der Waals surface area contributed by atoms with E-state index < -0.39 is 0 Å². The van der Waals surface area contributed by atoms with E-state index in [1.54, 1.807) is 11.2 Å². The van der Waals surface area contributed by atoms with E-state index >= 15 is 0 Å². The van der Waals surface area contributed by atoms with Gasteiger partial charge in [0.2, 0.25) is 0 Å². The number of hydrogen-bond acceptors (Lipinski definition) is 6. The molecule has 1 aromatic carbocycles. The molecule has 1 aromatic rings. The fourth-order valence-electron chi connectivity index (χ4n) is 2.59. The number of rotatable bonds is 12. The molecule has 1 rings (SSSR count). The summed E-state index contributed by atoms with van der Waals surface area (Å²) < 4.78 is 0. The number of aliphatic hydroxyl groups excluding tert-OH is 1. The van der Waals surface area contributed by atoms with E-state index in [1.165, 1.54) is 5.57 Å². The third-order valence-corrected chi connectivity index (χ3v) is 4.65. The molecule has 0 spiro atoms. The van der Waals surface area contributed by atoms with Gasteiger partial charge in [-0.05, 0) is 58.2 Å². The lowest BCUT2D eigenvalue weighted by atomic mass is 10.0. The summed E-state index contributed by atoms with van der Waals surface area (Å²) in [5.74, 6) is 0. The molecule has 0 aliphatic heterocycles. The highest BCUT2D eigenvalue weighted by Crippen LogP contribution is 2.17. The molecule has 2 atom stereocenters. The zero-order chi connectivity index (χ0) is 20.9. The van der Waals surface area contributed by atoms with Crippen LogP contribution in [0.2, 0.25) is 0 Å². The van der Waals surface area contributed by atoms with Crippen LogP contribution in [0.3, 0.4) is 0 Å². The van der Waals surface area contributed by atoms with Crippen molar-refractivity contribution in [1.29, 1.82) is 0 Å². The summed E-state index contributed by atoms with van der Waals surface area (Å²) in [6.45, 7) is 8.99. The number of hydrazone groups is 1. The number of aliphatic hydroxyl groups is 1. The lowest BCUT2D eigenvalue weighted by Crippen LogP contribution is -2.27. The Balaban J connectivity index is 2.64. The van der Waals surface area contributed by atoms with Crippen molar-refractivity contribution in [3.05, 3.63) is 41.5 Å². The average molecular weight is 389 g/mol. The molecule has 0 fully saturated rings. The van der Waals surface area contributed by atoms with Crippen LogP contribution in [0.5, 0.6) is 0 Å². The Morgan fingerprint density at radius 1 is 1.21 bits per heavy atom. The maximum atomic E-state index is 9.04. The minimum atomic E-state index is -0.109. The highest BCUT2D eigenvalue weighted by molar-refractivity contribution is 5.52. The standard InChI is InChI=1S/C21H36N6O/c1-7-17(3)21(23-20-11-9-19(10-12-20)14-16-28)13-15-26(5)25-24-18(4)27(6)22-8-2/h7-12,18,21,23,28H,13-16H2,1-6H3/b17-7+,22-8-,25-24?. The third kappa shape index (κ3) is 8.52. The molecule has 28 heavy (non-hydrogen) atoms. The summed E-state index contributed by atoms with van der Waals surface area (Å²) in [6, 6.07) is 8.46. The number of benzene rings is 1. The summed E-state index contributed by atoms with van der Waals surface area (Å²) in [6.07, 6.45) is 5.36. The molecular formula is C21H36N6O. The lowest BCUT2D eigenvalue weighted by Gasteiger charge is -2.23. The van der Waals surface area contributed by atoms with E-state index in [1.807, 2.05) is 33.0 Å². The molecule has 0 radical (unpaired) electrons. The summed E-state index contributed by atoms with van der Waals surface area (Å²) in [4.78, 5) is 0. The monoisotopic (exact) mass is 388 g/mol. The first-order chi connectivity index (χ1) is 13.4. The Morgan fingerprint density at radius 3 is 2.46 bits per heavy atom. The normalized spacial score (nSPS) is 14.5. The second-order valence-corrected chi connectivity index (χ2v) is 6.85. The molecule has 7 nitrogen and oxygen atoms in total. The van der Waals surface area contributed by atoms with Gasteiger partial charge in [-0.25, -0.2) is 0 Å². The molecule has 2 N–H and O–H groups in total. The van der Waals surface area contributed by atoms with Gasteiger partial charge in [-0.3, -0.25) is 10.0 Å². The van der Waals surface area contributed by atoms with Gasteiger partial charge < -0.3 is 10.4 Å². The fraction of sp³-hybridized carbons (Fsp3) is 0.571. The Morgan fingerprint density at radius 2 is 1.89 bits per heavy atom. The zero-order valence-electron chi connectivity index (χ0n) is 18.1. The van der Waals surface area contributed by atoms with E-state index in [9.17, 15) is 0 Å². The SMILES string of the molecule is C/C=N\N(C)C(C)N=NN(C)CCC(Nc1ccc(CCO)cc1)/C(C)=C/C. The molecule has 2 unspecified atom stereocenters. The van der Waals surface area contributed by atoms with E-state index in [0.29, 0.717) is 6.42 Å². The fourth-order valence-corrected chi connectivity index (χ4v) is 2.59. The van der Waals surface area contributed by atoms with E-state index in [4.69, 9.17) is 5.11 Å². The van der Waals surface area contributed by atoms with Crippen LogP contribution in [-0.2, 0) is 6.42 Å². The van der Waals surface area contributed by atoms with Crippen LogP contribution in [0.25, 0.3) is 0 Å². The predicted octanol–water partition coefficient (Wildman–Crippen LogP) is 3.94. The number of allylic oxidation sites excluding steroid dienone is 1. The largest absolute Gasteiger partial charge is 0.396 e. The Bertz CT molecular complexity index is 641. The minimum Gasteiger partial charge on any atom is -0.396 e. The highest BCUT2D eigenvalue weighted by Gasteiger charge is 2.12. The van der Waals surface area contributed by atoms with Crippen molar-refractivity contribution in [1.82, 2.24) is 10.0 Å². The van der Waals surface area contributed by atoms with Crippen LogP contribution in [0.1, 0.15) is 39.7 Å². The van der Waals surface area contributed by atoms with E-state index in [0.717, 1.165) is 24.2 Å². The van der Waals surface area contributed by atoms with Gasteiger partial charge in [0.05, 0.1) is 0 Å². The molecule has 156 valence electrons. The quantitative estimate of drug-likeness (QED) is 0.246. The van der Waals surface area contributed by atoms with Gasteiger partial charge in [0.1, 0.15) is 0 Å². The molecular weight excluding hydrogens is 352 g/mol. The van der Waals surface area contributed by atoms with Gasteiger partial charge in [-0.2, -0.15) is 5.10 Å². The van der Waals surface area contributed by atoms with Crippen molar-refractivity contribution in [3.8, 4) is 0 Å². The summed E-state index contributed by atoms with van der Waals surface area (Å²) >= 11 is 0. The Kier molecular flexibility index (Phi) is 10.9. The van der Waals surface area contributed by atoms with Gasteiger partial charge in [-0.15, -0.1) is 5.11 Å². The first-order valence-corrected chi connectivity index (χ1v) is 9.83. The van der Waals surface area contributed by atoms with Crippen molar-refractivity contribution in [2.45, 2.75) is 52.7 Å². The Hall–Kier alpha value is -2.41. The minimum absolute atomic E-state index is 0.109. The van der Waals surface area contributed by atoms with Gasteiger partial charge in [0.15, 0.2) is 6.17 Å². The average Bonchev–Trinajstić information content (AvgIpc) is 2.70. The van der Waals surface area contributed by atoms with Crippen molar-refractivity contribution in [2.24, 2.45) is 15.4 Å². The van der Waals surface area contributed by atoms with Crippen LogP contribution in [-0.4, -0.2) is 60.8 Å². The molecule has 0 aliphatic carbocycles. The molecule has 0 amide bonds. The first kappa shape index (κ1) is 23.6. The van der Waals surface area contributed by atoms with E-state index in [2.05, 4.69) is 64.9 Å². The zero-order valence-corrected chi connectivity index (χ0v) is 18.1. The maximum Gasteiger partial charge on any atom is 0.156 e. The number of nitrogens with one attached hydrogen (secondary N) is 1. The topological polar surface area (TPSA) is 75.8 Å². The van der Waals surface area contributed by atoms with Crippen molar-refractivity contribution >= 4 is 11.9 Å². The van der Waals surface area contributed by atoms with Gasteiger partial charge in [0, 0.05) is 45.2 Å². The van der Waals surface area contributed by atoms with Gasteiger partial charge in [-0.1, -0.05) is 29.0 Å². The Labute approximate surface area is 169 Å². The molecule has 0 saturated heterocycles. The van der Waals surface area contributed by atoms with Crippen LogP contribution in [0.15, 0.2) is 51.4 Å².